The molecule has 1 aliphatic heterocycles. The normalized spacial score (nSPS) is 13.9. The van der Waals surface area contributed by atoms with Crippen molar-refractivity contribution in [3.05, 3.63) is 42.4 Å². The fourth-order valence-electron chi connectivity index (χ4n) is 3.28. The highest BCUT2D eigenvalue weighted by molar-refractivity contribution is 5.83. The predicted octanol–water partition coefficient (Wildman–Crippen LogP) is 1.75. The molecule has 2 aromatic heterocycles. The lowest BCUT2D eigenvalue weighted by molar-refractivity contribution is -0.121. The summed E-state index contributed by atoms with van der Waals surface area (Å²) in [4.78, 5) is 27.5. The Kier molecular flexibility index (Phi) is 4.86. The SMILES string of the molecule is COc1nc(CNC(=O)Cn2ccc3ccccc32)nc(N2CCCC2)n1. The second-order valence-corrected chi connectivity index (χ2v) is 6.51. The summed E-state index contributed by atoms with van der Waals surface area (Å²) in [6.07, 6.45) is 4.18. The van der Waals surface area contributed by atoms with Crippen molar-refractivity contribution in [1.29, 1.82) is 0 Å². The zero-order valence-electron chi connectivity index (χ0n) is 15.3. The van der Waals surface area contributed by atoms with Gasteiger partial charge in [-0.25, -0.2) is 0 Å². The molecule has 1 saturated heterocycles. The van der Waals surface area contributed by atoms with Gasteiger partial charge in [0.25, 0.3) is 0 Å². The molecule has 1 amide bonds. The highest BCUT2D eigenvalue weighted by Gasteiger charge is 2.18. The third-order valence-corrected chi connectivity index (χ3v) is 4.66. The van der Waals surface area contributed by atoms with E-state index in [1.54, 1.807) is 0 Å². The van der Waals surface area contributed by atoms with E-state index in [0.29, 0.717) is 11.8 Å². The number of ether oxygens (including phenoxy) is 1. The number of nitrogens with one attached hydrogen (secondary N) is 1. The summed E-state index contributed by atoms with van der Waals surface area (Å²) < 4.78 is 7.11. The highest BCUT2D eigenvalue weighted by atomic mass is 16.5. The van der Waals surface area contributed by atoms with Crippen molar-refractivity contribution < 1.29 is 9.53 Å². The summed E-state index contributed by atoms with van der Waals surface area (Å²) >= 11 is 0. The Labute approximate surface area is 157 Å². The van der Waals surface area contributed by atoms with E-state index < -0.39 is 0 Å². The number of nitrogens with zero attached hydrogens (tertiary/aromatic N) is 5. The van der Waals surface area contributed by atoms with Crippen LogP contribution in [0.15, 0.2) is 36.5 Å². The van der Waals surface area contributed by atoms with Crippen LogP contribution < -0.4 is 15.0 Å². The van der Waals surface area contributed by atoms with E-state index in [1.807, 2.05) is 41.1 Å². The van der Waals surface area contributed by atoms with Crippen molar-refractivity contribution in [1.82, 2.24) is 24.8 Å². The maximum Gasteiger partial charge on any atom is 0.321 e. The first-order chi connectivity index (χ1) is 13.2. The molecule has 27 heavy (non-hydrogen) atoms. The zero-order valence-corrected chi connectivity index (χ0v) is 15.3. The number of hydrogen-bond acceptors (Lipinski definition) is 6. The summed E-state index contributed by atoms with van der Waals surface area (Å²) in [7, 11) is 1.53. The summed E-state index contributed by atoms with van der Waals surface area (Å²) in [5.74, 6) is 1.01. The van der Waals surface area contributed by atoms with E-state index in [2.05, 4.69) is 25.2 Å². The van der Waals surface area contributed by atoms with Gasteiger partial charge in [0.15, 0.2) is 5.82 Å². The van der Waals surface area contributed by atoms with E-state index in [-0.39, 0.29) is 25.0 Å². The van der Waals surface area contributed by atoms with Gasteiger partial charge in [-0.3, -0.25) is 4.79 Å². The number of anilines is 1. The fourth-order valence-corrected chi connectivity index (χ4v) is 3.28. The molecule has 0 saturated carbocycles. The smallest absolute Gasteiger partial charge is 0.321 e. The van der Waals surface area contributed by atoms with Crippen molar-refractivity contribution in [2.45, 2.75) is 25.9 Å². The molecule has 0 radical (unpaired) electrons. The van der Waals surface area contributed by atoms with Crippen molar-refractivity contribution >= 4 is 22.8 Å². The molecule has 0 spiro atoms. The molecule has 8 heteroatoms. The van der Waals surface area contributed by atoms with Crippen LogP contribution in [0.2, 0.25) is 0 Å². The molecular weight excluding hydrogens is 344 g/mol. The Hall–Kier alpha value is -3.16. The molecule has 1 aliphatic rings. The second kappa shape index (κ2) is 7.61. The molecule has 1 aromatic carbocycles. The van der Waals surface area contributed by atoms with Crippen LogP contribution >= 0.6 is 0 Å². The fraction of sp³-hybridized carbons (Fsp3) is 0.368. The molecule has 3 aromatic rings. The maximum absolute atomic E-state index is 12.4. The minimum absolute atomic E-state index is 0.0987. The van der Waals surface area contributed by atoms with Crippen LogP contribution in [0, 0.1) is 0 Å². The Morgan fingerprint density at radius 2 is 1.96 bits per heavy atom. The predicted molar refractivity (Wildman–Crippen MR) is 102 cm³/mol. The van der Waals surface area contributed by atoms with Crippen molar-refractivity contribution in [2.75, 3.05) is 25.1 Å². The van der Waals surface area contributed by atoms with Crippen molar-refractivity contribution in [3.8, 4) is 6.01 Å². The van der Waals surface area contributed by atoms with Gasteiger partial charge in [-0.05, 0) is 30.4 Å². The van der Waals surface area contributed by atoms with Gasteiger partial charge in [0.2, 0.25) is 11.9 Å². The quantitative estimate of drug-likeness (QED) is 0.715. The number of benzene rings is 1. The van der Waals surface area contributed by atoms with E-state index in [1.165, 1.54) is 7.11 Å². The van der Waals surface area contributed by atoms with E-state index in [9.17, 15) is 4.79 Å². The third kappa shape index (κ3) is 3.84. The summed E-state index contributed by atoms with van der Waals surface area (Å²) in [5.41, 5.74) is 1.03. The number of methoxy groups -OCH3 is 1. The molecule has 140 valence electrons. The zero-order chi connectivity index (χ0) is 18.6. The van der Waals surface area contributed by atoms with Crippen LogP contribution in [0.4, 0.5) is 5.95 Å². The van der Waals surface area contributed by atoms with E-state index in [0.717, 1.165) is 36.8 Å². The van der Waals surface area contributed by atoms with Crippen LogP contribution in [-0.4, -0.2) is 45.6 Å². The number of hydrogen-bond donors (Lipinski definition) is 1. The minimum Gasteiger partial charge on any atom is -0.467 e. The second-order valence-electron chi connectivity index (χ2n) is 6.51. The standard InChI is InChI=1S/C19H22N6O2/c1-27-19-22-16(21-18(23-19)24-9-4-5-10-24)12-20-17(26)13-25-11-8-14-6-2-3-7-15(14)25/h2-3,6-8,11H,4-5,9-10,12-13H2,1H3,(H,20,26). The molecular formula is C19H22N6O2. The maximum atomic E-state index is 12.4. The number of carbonyl (C=O) groups is 1. The average Bonchev–Trinajstić information content (AvgIpc) is 3.37. The van der Waals surface area contributed by atoms with Gasteiger partial charge in [0, 0.05) is 24.8 Å². The first kappa shape index (κ1) is 17.3. The van der Waals surface area contributed by atoms with Crippen LogP contribution in [0.25, 0.3) is 10.9 Å². The first-order valence-electron chi connectivity index (χ1n) is 9.07. The van der Waals surface area contributed by atoms with Crippen molar-refractivity contribution in [3.63, 3.8) is 0 Å². The highest BCUT2D eigenvalue weighted by Crippen LogP contribution is 2.18. The van der Waals surface area contributed by atoms with Gasteiger partial charge in [-0.1, -0.05) is 18.2 Å². The Balaban J connectivity index is 1.43. The topological polar surface area (TPSA) is 85.2 Å². The van der Waals surface area contributed by atoms with Gasteiger partial charge in [0.05, 0.1) is 13.7 Å². The summed E-state index contributed by atoms with van der Waals surface area (Å²) in [6, 6.07) is 10.3. The largest absolute Gasteiger partial charge is 0.467 e. The lowest BCUT2D eigenvalue weighted by atomic mass is 10.2. The van der Waals surface area contributed by atoms with Crippen LogP contribution in [0.3, 0.4) is 0 Å². The van der Waals surface area contributed by atoms with Gasteiger partial charge < -0.3 is 19.5 Å². The molecule has 4 rings (SSSR count). The number of aromatic nitrogens is 4. The Bertz CT molecular complexity index is 948. The van der Waals surface area contributed by atoms with E-state index in [4.69, 9.17) is 4.74 Å². The number of carbonyl (C=O) groups excluding carboxylic acids is 1. The minimum atomic E-state index is -0.0987. The Morgan fingerprint density at radius 3 is 2.78 bits per heavy atom. The first-order valence-corrected chi connectivity index (χ1v) is 9.07. The molecule has 0 unspecified atom stereocenters. The molecule has 0 bridgehead atoms. The summed E-state index contributed by atoms with van der Waals surface area (Å²) in [6.45, 7) is 2.34. The van der Waals surface area contributed by atoms with E-state index >= 15 is 0 Å². The summed E-state index contributed by atoms with van der Waals surface area (Å²) in [5, 5.41) is 4.00. The molecule has 1 fully saturated rings. The molecule has 8 nitrogen and oxygen atoms in total. The number of rotatable bonds is 6. The van der Waals surface area contributed by atoms with Gasteiger partial charge >= 0.3 is 6.01 Å². The lowest BCUT2D eigenvalue weighted by Crippen LogP contribution is -2.28. The lowest BCUT2D eigenvalue weighted by Gasteiger charge is -2.16. The van der Waals surface area contributed by atoms with Crippen molar-refractivity contribution in [2.24, 2.45) is 0 Å². The molecule has 1 N–H and O–H groups in total. The Morgan fingerprint density at radius 1 is 1.15 bits per heavy atom. The molecule has 0 atom stereocenters. The van der Waals surface area contributed by atoms with Gasteiger partial charge in [-0.2, -0.15) is 15.0 Å². The number of amides is 1. The monoisotopic (exact) mass is 366 g/mol. The molecule has 0 aliphatic carbocycles. The van der Waals surface area contributed by atoms with Crippen LogP contribution in [-0.2, 0) is 17.9 Å². The number of para-hydroxylation sites is 1. The van der Waals surface area contributed by atoms with Crippen LogP contribution in [0.1, 0.15) is 18.7 Å². The van der Waals surface area contributed by atoms with Gasteiger partial charge in [-0.15, -0.1) is 0 Å². The number of fused-ring (bicyclic) bond motifs is 1. The third-order valence-electron chi connectivity index (χ3n) is 4.66. The average molecular weight is 366 g/mol. The van der Waals surface area contributed by atoms with Crippen LogP contribution in [0.5, 0.6) is 6.01 Å². The van der Waals surface area contributed by atoms with Gasteiger partial charge in [0.1, 0.15) is 6.54 Å². The molecule has 3 heterocycles.